The first kappa shape index (κ1) is 16.6. The number of methoxy groups -OCH3 is 1. The zero-order valence-corrected chi connectivity index (χ0v) is 21.1. The third kappa shape index (κ3) is 6.59. The van der Waals surface area contributed by atoms with Crippen molar-refractivity contribution < 1.29 is 42.8 Å². The fourth-order valence-electron chi connectivity index (χ4n) is 3.19. The summed E-state index contributed by atoms with van der Waals surface area (Å²) >= 11 is 0. The van der Waals surface area contributed by atoms with E-state index in [1.165, 1.54) is 37.7 Å². The van der Waals surface area contributed by atoms with Crippen molar-refractivity contribution in [3.05, 3.63) is 72.6 Å². The highest BCUT2D eigenvalue weighted by Gasteiger charge is 2.26. The Morgan fingerprint density at radius 1 is 0.974 bits per heavy atom. The molecule has 0 aliphatic carbocycles. The number of sulfonamides is 1. The van der Waals surface area contributed by atoms with Gasteiger partial charge in [0.25, 0.3) is 15.9 Å². The highest BCUT2D eigenvalue weighted by Crippen LogP contribution is 2.41. The van der Waals surface area contributed by atoms with E-state index in [1.807, 2.05) is 0 Å². The fourth-order valence-corrected chi connectivity index (χ4v) is 4.19. The largest absolute Gasteiger partial charge is 0.493 e. The summed E-state index contributed by atoms with van der Waals surface area (Å²) in [5, 5.41) is 9.73. The molecule has 0 atom stereocenters. The first-order valence-corrected chi connectivity index (χ1v) is 12.5. The van der Waals surface area contributed by atoms with Crippen LogP contribution in [-0.4, -0.2) is 53.7 Å². The summed E-state index contributed by atoms with van der Waals surface area (Å²) in [6.07, 6.45) is 2.67. The highest BCUT2D eigenvalue weighted by molar-refractivity contribution is 7.92. The van der Waals surface area contributed by atoms with Crippen LogP contribution >= 0.6 is 0 Å². The molecule has 0 saturated carbocycles. The van der Waals surface area contributed by atoms with Crippen molar-refractivity contribution >= 4 is 15.8 Å². The van der Waals surface area contributed by atoms with Crippen LogP contribution in [0, 0.1) is 0 Å². The van der Waals surface area contributed by atoms with Gasteiger partial charge in [0.2, 0.25) is 11.6 Å². The number of aliphatic hydroxyl groups is 1. The minimum atomic E-state index is -4.76. The van der Waals surface area contributed by atoms with Crippen LogP contribution in [0.4, 0.5) is 5.82 Å². The molecule has 11 nitrogen and oxygen atoms in total. The normalized spacial score (nSPS) is 17.1. The fraction of sp³-hybridized carbons (Fsp3) is 0.259. The molecule has 4 rings (SSSR count). The molecule has 0 saturated heterocycles. The number of hydrogen-bond acceptors (Lipinski definition) is 10. The molecule has 39 heavy (non-hydrogen) atoms. The maximum Gasteiger partial charge on any atom is 0.263 e. The lowest BCUT2D eigenvalue weighted by Gasteiger charge is -2.20. The van der Waals surface area contributed by atoms with Gasteiger partial charge in [-0.05, 0) is 41.3 Å². The van der Waals surface area contributed by atoms with E-state index in [-0.39, 0.29) is 23.1 Å². The molecule has 0 aliphatic rings. The highest BCUT2D eigenvalue weighted by atomic mass is 32.2. The van der Waals surface area contributed by atoms with Gasteiger partial charge < -0.3 is 19.3 Å². The summed E-state index contributed by atoms with van der Waals surface area (Å²) in [7, 11) is -3.43. The molecule has 0 amide bonds. The van der Waals surface area contributed by atoms with E-state index in [4.69, 9.17) is 29.3 Å². The summed E-state index contributed by atoms with van der Waals surface area (Å²) < 4.78 is 133. The van der Waals surface area contributed by atoms with Crippen LogP contribution in [0.5, 0.6) is 23.1 Å². The number of aromatic nitrogens is 4. The van der Waals surface area contributed by atoms with E-state index in [0.29, 0.717) is 0 Å². The first-order valence-electron chi connectivity index (χ1n) is 16.5. The SMILES string of the molecule is [2H]C([2H])(O)COc1nc(-c2ncccn2)nc(NS(=O)(=O)c2ccc(C(C([2H])([2H])[2H])(C([2H])([2H])[2H])C([2H])([2H])[2H])cc2)c1Oc1ccccc1OC. The van der Waals surface area contributed by atoms with Gasteiger partial charge in [-0.15, -0.1) is 0 Å². The molecule has 4 aromatic rings. The topological polar surface area (TPSA) is 146 Å². The molecular formula is C27H29N5O6S. The van der Waals surface area contributed by atoms with Crippen molar-refractivity contribution in [2.45, 2.75) is 30.9 Å². The molecule has 204 valence electrons. The van der Waals surface area contributed by atoms with Crippen LogP contribution in [0.1, 0.15) is 41.2 Å². The average molecular weight is 563 g/mol. The zero-order valence-electron chi connectivity index (χ0n) is 31.2. The predicted octanol–water partition coefficient (Wildman–Crippen LogP) is 4.20. The van der Waals surface area contributed by atoms with Crippen LogP contribution in [0.2, 0.25) is 0 Å². The molecule has 0 bridgehead atoms. The monoisotopic (exact) mass is 562 g/mol. The van der Waals surface area contributed by atoms with E-state index in [1.54, 1.807) is 12.1 Å². The van der Waals surface area contributed by atoms with Crippen LogP contribution in [0.15, 0.2) is 71.9 Å². The Kier molecular flexibility index (Phi) is 4.95. The Morgan fingerprint density at radius 3 is 2.31 bits per heavy atom. The third-order valence-electron chi connectivity index (χ3n) is 4.98. The van der Waals surface area contributed by atoms with Gasteiger partial charge in [-0.1, -0.05) is 44.8 Å². The van der Waals surface area contributed by atoms with Crippen molar-refractivity contribution in [1.82, 2.24) is 19.9 Å². The number of nitrogens with zero attached hydrogens (tertiary/aromatic N) is 4. The predicted molar refractivity (Wildman–Crippen MR) is 145 cm³/mol. The van der Waals surface area contributed by atoms with Crippen molar-refractivity contribution in [2.75, 3.05) is 25.0 Å². The molecule has 0 unspecified atom stereocenters. The van der Waals surface area contributed by atoms with Crippen LogP contribution in [0.25, 0.3) is 11.6 Å². The van der Waals surface area contributed by atoms with Crippen molar-refractivity contribution in [1.29, 1.82) is 0 Å². The second kappa shape index (κ2) is 11.6. The summed E-state index contributed by atoms with van der Waals surface area (Å²) in [6.45, 7) is -14.6. The van der Waals surface area contributed by atoms with Crippen LogP contribution in [-0.2, 0) is 15.4 Å². The van der Waals surface area contributed by atoms with E-state index >= 15 is 0 Å². The summed E-state index contributed by atoms with van der Waals surface area (Å²) in [4.78, 5) is 15.9. The van der Waals surface area contributed by atoms with Gasteiger partial charge in [-0.3, -0.25) is 4.72 Å². The Labute approximate surface area is 242 Å². The second-order valence-electron chi connectivity index (χ2n) is 7.68. The zero-order chi connectivity index (χ0) is 37.3. The van der Waals surface area contributed by atoms with E-state index in [9.17, 15) is 13.5 Å². The van der Waals surface area contributed by atoms with Crippen molar-refractivity contribution in [3.63, 3.8) is 0 Å². The molecule has 2 N–H and O–H groups in total. The Balaban J connectivity index is 1.90. The minimum absolute atomic E-state index is 0.000642. The second-order valence-corrected chi connectivity index (χ2v) is 9.36. The van der Waals surface area contributed by atoms with Gasteiger partial charge >= 0.3 is 0 Å². The standard InChI is InChI=1S/C27H29N5O6S/c1-27(2,3)18-10-12-19(13-11-18)39(34,35)32-23-22(38-21-9-6-5-8-20(21)36-4)26(37-17-16-33)31-25(30-23)24-28-14-7-15-29-24/h5-15,33H,16-17H2,1-4H3,(H,30,31,32)/i1D3,2D3,3D3,16D2. The number of para-hydroxylation sites is 2. The third-order valence-corrected chi connectivity index (χ3v) is 6.34. The Bertz CT molecular complexity index is 1890. The van der Waals surface area contributed by atoms with Crippen molar-refractivity contribution in [3.8, 4) is 34.8 Å². The van der Waals surface area contributed by atoms with E-state index in [0.717, 1.165) is 24.3 Å². The van der Waals surface area contributed by atoms with E-state index in [2.05, 4.69) is 24.7 Å². The molecular weight excluding hydrogens is 522 g/mol. The minimum Gasteiger partial charge on any atom is -0.493 e. The number of nitrogens with one attached hydrogen (secondary N) is 1. The first-order chi connectivity index (χ1) is 23.0. The summed E-state index contributed by atoms with van der Waals surface area (Å²) in [5.74, 6) is -2.03. The number of anilines is 1. The van der Waals surface area contributed by atoms with Gasteiger partial charge in [0.15, 0.2) is 23.1 Å². The molecule has 2 aromatic heterocycles. The van der Waals surface area contributed by atoms with E-state index < -0.39 is 77.1 Å². The van der Waals surface area contributed by atoms with Gasteiger partial charge in [0, 0.05) is 24.7 Å². The number of benzene rings is 2. The van der Waals surface area contributed by atoms with Crippen molar-refractivity contribution in [2.24, 2.45) is 0 Å². The molecule has 2 aromatic carbocycles. The Morgan fingerprint density at radius 2 is 1.67 bits per heavy atom. The maximum atomic E-state index is 13.8. The van der Waals surface area contributed by atoms with Gasteiger partial charge in [-0.25, -0.2) is 23.4 Å². The molecule has 12 heteroatoms. The molecule has 0 radical (unpaired) electrons. The molecule has 0 fully saturated rings. The smallest absolute Gasteiger partial charge is 0.263 e. The van der Waals surface area contributed by atoms with Crippen LogP contribution in [0.3, 0.4) is 0 Å². The lowest BCUT2D eigenvalue weighted by atomic mass is 9.87. The average Bonchev–Trinajstić information content (AvgIpc) is 2.99. The summed E-state index contributed by atoms with van der Waals surface area (Å²) in [5.41, 5.74) is -4.06. The summed E-state index contributed by atoms with van der Waals surface area (Å²) in [6, 6.07) is 10.8. The number of rotatable bonds is 10. The quantitative estimate of drug-likeness (QED) is 0.288. The lowest BCUT2D eigenvalue weighted by Crippen LogP contribution is -2.17. The van der Waals surface area contributed by atoms with Gasteiger partial charge in [0.05, 0.1) is 21.3 Å². The lowest BCUT2D eigenvalue weighted by molar-refractivity contribution is 0.192. The Hall–Kier alpha value is -4.29. The molecule has 2 heterocycles. The van der Waals surface area contributed by atoms with Gasteiger partial charge in [-0.2, -0.15) is 4.98 Å². The maximum absolute atomic E-state index is 13.8. The number of ether oxygens (including phenoxy) is 3. The number of hydrogen-bond donors (Lipinski definition) is 2. The van der Waals surface area contributed by atoms with Crippen LogP contribution < -0.4 is 18.9 Å². The molecule has 0 aliphatic heterocycles. The molecule has 0 spiro atoms. The van der Waals surface area contributed by atoms with Gasteiger partial charge in [0.1, 0.15) is 6.61 Å².